The summed E-state index contributed by atoms with van der Waals surface area (Å²) in [5.74, 6) is -1.56. The summed E-state index contributed by atoms with van der Waals surface area (Å²) < 4.78 is 15.5. The molecule has 0 unspecified atom stereocenters. The zero-order valence-electron chi connectivity index (χ0n) is 17.2. The lowest BCUT2D eigenvalue weighted by atomic mass is 9.69. The lowest BCUT2D eigenvalue weighted by Gasteiger charge is -2.43. The van der Waals surface area contributed by atoms with E-state index in [4.69, 9.17) is 5.73 Å². The molecule has 2 aliphatic rings. The number of rotatable bonds is 3. The van der Waals surface area contributed by atoms with Crippen molar-refractivity contribution < 1.29 is 14.1 Å². The Balaban J connectivity index is 2.00. The van der Waals surface area contributed by atoms with Crippen molar-refractivity contribution in [2.45, 2.75) is 32.6 Å². The topological polar surface area (TPSA) is 113 Å². The highest BCUT2D eigenvalue weighted by Gasteiger charge is 2.45. The van der Waals surface area contributed by atoms with E-state index in [1.807, 2.05) is 13.8 Å². The molecule has 2 N–H and O–H groups in total. The molecule has 0 bridgehead atoms. The minimum absolute atomic E-state index is 0.0130. The number of carbonyl (C=O) groups excluding carboxylic acids is 1. The van der Waals surface area contributed by atoms with Crippen LogP contribution in [0, 0.1) is 32.7 Å². The predicted molar refractivity (Wildman–Crippen MR) is 122 cm³/mol. The van der Waals surface area contributed by atoms with Gasteiger partial charge in [0.2, 0.25) is 0 Å². The summed E-state index contributed by atoms with van der Waals surface area (Å²) in [6, 6.07) is 9.46. The fourth-order valence-electron chi connectivity index (χ4n) is 4.33. The highest BCUT2D eigenvalue weighted by atomic mass is 79.9. The molecule has 4 rings (SSSR count). The lowest BCUT2D eigenvalue weighted by molar-refractivity contribution is -0.380. The normalized spacial score (nSPS) is 20.3. The molecular weight excluding hydrogens is 499 g/mol. The third-order valence-corrected chi connectivity index (χ3v) is 7.20. The quantitative estimate of drug-likeness (QED) is 0.425. The molecule has 1 aromatic carbocycles. The number of carbonyl (C=O) groups is 1. The van der Waals surface area contributed by atoms with Gasteiger partial charge in [0.15, 0.2) is 5.78 Å². The maximum Gasteiger partial charge on any atom is 0.324 e. The van der Waals surface area contributed by atoms with Gasteiger partial charge in [-0.25, -0.2) is 4.39 Å². The van der Waals surface area contributed by atoms with Crippen LogP contribution in [0.3, 0.4) is 0 Å². The molecule has 0 spiro atoms. The Labute approximate surface area is 195 Å². The van der Waals surface area contributed by atoms with Crippen LogP contribution in [-0.4, -0.2) is 10.7 Å². The molecule has 2 heterocycles. The van der Waals surface area contributed by atoms with Gasteiger partial charge in [0.05, 0.1) is 28.2 Å². The summed E-state index contributed by atoms with van der Waals surface area (Å²) in [6.07, 6.45) is 0.665. The summed E-state index contributed by atoms with van der Waals surface area (Å²) in [7, 11) is 0. The second kappa shape index (κ2) is 7.83. The SMILES string of the molecule is CC1(C)CC(=O)C2=C(C1)N(c1ccc(Br)cc1F)C(N)=C(C#N)[C@H]2c1ccc([N+](=O)[O-])s1. The number of nitrogens with two attached hydrogens (primary N) is 1. The van der Waals surface area contributed by atoms with Gasteiger partial charge in [0.1, 0.15) is 11.6 Å². The first-order valence-electron chi connectivity index (χ1n) is 9.69. The van der Waals surface area contributed by atoms with Gasteiger partial charge in [-0.05, 0) is 36.1 Å². The average Bonchev–Trinajstić information content (AvgIpc) is 3.17. The molecule has 0 saturated carbocycles. The number of thiophene rings is 1. The van der Waals surface area contributed by atoms with E-state index in [9.17, 15) is 24.6 Å². The van der Waals surface area contributed by atoms with Gasteiger partial charge in [-0.1, -0.05) is 41.1 Å². The second-order valence-corrected chi connectivity index (χ2v) is 10.5. The van der Waals surface area contributed by atoms with E-state index in [-0.39, 0.29) is 34.3 Å². The first kappa shape index (κ1) is 22.2. The van der Waals surface area contributed by atoms with E-state index in [1.165, 1.54) is 23.1 Å². The van der Waals surface area contributed by atoms with Crippen molar-refractivity contribution >= 4 is 43.7 Å². The van der Waals surface area contributed by atoms with Crippen molar-refractivity contribution in [3.05, 3.63) is 78.3 Å². The van der Waals surface area contributed by atoms with Gasteiger partial charge >= 0.3 is 5.00 Å². The van der Waals surface area contributed by atoms with Crippen molar-refractivity contribution in [3.8, 4) is 6.07 Å². The van der Waals surface area contributed by atoms with Gasteiger partial charge in [-0.3, -0.25) is 19.8 Å². The van der Waals surface area contributed by atoms with Crippen molar-refractivity contribution in [3.63, 3.8) is 0 Å². The van der Waals surface area contributed by atoms with Crippen molar-refractivity contribution in [2.24, 2.45) is 11.1 Å². The van der Waals surface area contributed by atoms with E-state index in [0.717, 1.165) is 11.3 Å². The minimum Gasteiger partial charge on any atom is -0.384 e. The Bertz CT molecular complexity index is 1270. The number of hydrogen-bond donors (Lipinski definition) is 1. The molecule has 0 saturated heterocycles. The molecule has 164 valence electrons. The predicted octanol–water partition coefficient (Wildman–Crippen LogP) is 5.50. The molecule has 0 amide bonds. The van der Waals surface area contributed by atoms with Crippen LogP contribution < -0.4 is 10.6 Å². The second-order valence-electron chi connectivity index (χ2n) is 8.51. The van der Waals surface area contributed by atoms with Gasteiger partial charge < -0.3 is 5.73 Å². The van der Waals surface area contributed by atoms with Gasteiger partial charge in [0.25, 0.3) is 0 Å². The summed E-state index contributed by atoms with van der Waals surface area (Å²) >= 11 is 4.14. The van der Waals surface area contributed by atoms with Crippen LogP contribution in [0.25, 0.3) is 0 Å². The standard InChI is InChI=1S/C22H18BrFN4O3S/c1-22(2)8-15-20(16(29)9-22)19(17-5-6-18(32-17)28(30)31)12(10-25)21(26)27(15)14-4-3-11(23)7-13(14)24/h3-7,19H,8-9,26H2,1-2H3/t19-/m0/s1. The van der Waals surface area contributed by atoms with Gasteiger partial charge in [0, 0.05) is 33.1 Å². The van der Waals surface area contributed by atoms with Crippen LogP contribution in [0.5, 0.6) is 0 Å². The molecule has 1 aromatic heterocycles. The fourth-order valence-corrected chi connectivity index (χ4v) is 5.60. The number of halogens is 2. The van der Waals surface area contributed by atoms with Crippen LogP contribution in [0.2, 0.25) is 0 Å². The fraction of sp³-hybridized carbons (Fsp3) is 0.273. The van der Waals surface area contributed by atoms with Crippen LogP contribution in [0.4, 0.5) is 15.1 Å². The Morgan fingerprint density at radius 1 is 1.34 bits per heavy atom. The molecule has 1 atom stereocenters. The monoisotopic (exact) mass is 516 g/mol. The summed E-state index contributed by atoms with van der Waals surface area (Å²) in [5.41, 5.74) is 7.09. The maximum atomic E-state index is 15.0. The molecular formula is C22H18BrFN4O3S. The smallest absolute Gasteiger partial charge is 0.324 e. The number of benzene rings is 1. The molecule has 0 fully saturated rings. The first-order valence-corrected chi connectivity index (χ1v) is 11.3. The molecule has 2 aromatic rings. The number of nitrogens with zero attached hydrogens (tertiary/aromatic N) is 3. The number of allylic oxidation sites excluding steroid dienone is 3. The van der Waals surface area contributed by atoms with Crippen LogP contribution in [-0.2, 0) is 4.79 Å². The Morgan fingerprint density at radius 3 is 2.66 bits per heavy atom. The third kappa shape index (κ3) is 3.61. The van der Waals surface area contributed by atoms with Gasteiger partial charge in [-0.2, -0.15) is 5.26 Å². The lowest BCUT2D eigenvalue weighted by Crippen LogP contribution is -2.42. The van der Waals surface area contributed by atoms with E-state index in [0.29, 0.717) is 27.0 Å². The van der Waals surface area contributed by atoms with E-state index < -0.39 is 22.1 Å². The number of ketones is 1. The van der Waals surface area contributed by atoms with E-state index in [2.05, 4.69) is 22.0 Å². The Kier molecular flexibility index (Phi) is 5.43. The third-order valence-electron chi connectivity index (χ3n) is 5.61. The number of nitro groups is 1. The molecule has 1 aliphatic carbocycles. The van der Waals surface area contributed by atoms with Crippen LogP contribution in [0.1, 0.15) is 37.5 Å². The molecule has 32 heavy (non-hydrogen) atoms. The number of hydrogen-bond acceptors (Lipinski definition) is 7. The number of nitriles is 1. The highest BCUT2D eigenvalue weighted by Crippen LogP contribution is 2.51. The van der Waals surface area contributed by atoms with E-state index >= 15 is 0 Å². The maximum absolute atomic E-state index is 15.0. The average molecular weight is 517 g/mol. The van der Waals surface area contributed by atoms with E-state index in [1.54, 1.807) is 12.1 Å². The summed E-state index contributed by atoms with van der Waals surface area (Å²) in [5, 5.41) is 21.1. The number of anilines is 1. The highest BCUT2D eigenvalue weighted by molar-refractivity contribution is 9.10. The zero-order chi connectivity index (χ0) is 23.4. The summed E-state index contributed by atoms with van der Waals surface area (Å²) in [4.78, 5) is 26.0. The van der Waals surface area contributed by atoms with Crippen LogP contribution >= 0.6 is 27.3 Å². The minimum atomic E-state index is -0.827. The zero-order valence-corrected chi connectivity index (χ0v) is 19.6. The van der Waals surface area contributed by atoms with Crippen molar-refractivity contribution in [1.82, 2.24) is 0 Å². The van der Waals surface area contributed by atoms with Gasteiger partial charge in [-0.15, -0.1) is 0 Å². The largest absolute Gasteiger partial charge is 0.384 e. The van der Waals surface area contributed by atoms with Crippen molar-refractivity contribution in [1.29, 1.82) is 5.26 Å². The van der Waals surface area contributed by atoms with Crippen LogP contribution in [0.15, 0.2) is 57.5 Å². The molecule has 7 nitrogen and oxygen atoms in total. The Hall–Kier alpha value is -3.03. The number of Topliss-reactive ketones (excluding diaryl/α,β-unsaturated/α-hetero) is 1. The first-order chi connectivity index (χ1) is 15.0. The molecule has 10 heteroatoms. The summed E-state index contributed by atoms with van der Waals surface area (Å²) in [6.45, 7) is 3.88. The Morgan fingerprint density at radius 2 is 2.06 bits per heavy atom. The molecule has 1 aliphatic heterocycles. The van der Waals surface area contributed by atoms with Crippen molar-refractivity contribution in [2.75, 3.05) is 4.90 Å². The molecule has 0 radical (unpaired) electrons.